The maximum Gasteiger partial charge on any atom is 0.240 e. The van der Waals surface area contributed by atoms with Crippen LogP contribution < -0.4 is 11.1 Å². The van der Waals surface area contributed by atoms with Crippen LogP contribution in [-0.2, 0) is 4.79 Å². The van der Waals surface area contributed by atoms with Crippen molar-refractivity contribution in [3.05, 3.63) is 24.2 Å². The molecule has 1 rings (SSSR count). The molecule has 16 heavy (non-hydrogen) atoms. The summed E-state index contributed by atoms with van der Waals surface area (Å²) in [5, 5.41) is 2.87. The summed E-state index contributed by atoms with van der Waals surface area (Å²) >= 11 is 0. The molecule has 3 N–H and O–H groups in total. The number of nitrogens with two attached hydrogens (primary N) is 1. The van der Waals surface area contributed by atoms with Crippen LogP contribution in [-0.4, -0.2) is 11.4 Å². The van der Waals surface area contributed by atoms with Crippen LogP contribution in [0.5, 0.6) is 0 Å². The van der Waals surface area contributed by atoms with Gasteiger partial charge in [0.2, 0.25) is 5.91 Å². The van der Waals surface area contributed by atoms with Crippen LogP contribution in [0.4, 0.5) is 0 Å². The molecule has 1 heterocycles. The largest absolute Gasteiger partial charge is 0.467 e. The van der Waals surface area contributed by atoms with Gasteiger partial charge in [0, 0.05) is 0 Å². The Hall–Kier alpha value is -1.29. The summed E-state index contributed by atoms with van der Waals surface area (Å²) in [4.78, 5) is 12.0. The molecule has 1 aromatic rings. The topological polar surface area (TPSA) is 68.3 Å². The van der Waals surface area contributed by atoms with Crippen molar-refractivity contribution in [1.29, 1.82) is 0 Å². The van der Waals surface area contributed by atoms with Gasteiger partial charge in [-0.05, 0) is 31.9 Å². The molecular formula is C12H20N2O2. The number of hydrogen-bond acceptors (Lipinski definition) is 3. The number of furan rings is 1. The van der Waals surface area contributed by atoms with Crippen molar-refractivity contribution in [2.75, 3.05) is 0 Å². The van der Waals surface area contributed by atoms with E-state index < -0.39 is 5.54 Å². The Kier molecular flexibility index (Phi) is 4.12. The van der Waals surface area contributed by atoms with Crippen molar-refractivity contribution in [3.8, 4) is 0 Å². The van der Waals surface area contributed by atoms with Gasteiger partial charge in [-0.2, -0.15) is 0 Å². The molecule has 0 aliphatic rings. The molecule has 0 aliphatic heterocycles. The van der Waals surface area contributed by atoms with E-state index in [4.69, 9.17) is 10.2 Å². The van der Waals surface area contributed by atoms with Gasteiger partial charge in [-0.25, -0.2) is 0 Å². The van der Waals surface area contributed by atoms with Gasteiger partial charge in [0.05, 0.1) is 17.8 Å². The molecule has 1 aromatic heterocycles. The van der Waals surface area contributed by atoms with E-state index >= 15 is 0 Å². The number of rotatable bonds is 5. The molecule has 0 aliphatic carbocycles. The Bertz CT molecular complexity index is 329. The average molecular weight is 224 g/mol. The van der Waals surface area contributed by atoms with E-state index in [1.165, 1.54) is 0 Å². The zero-order valence-corrected chi connectivity index (χ0v) is 10.1. The van der Waals surface area contributed by atoms with Gasteiger partial charge in [-0.3, -0.25) is 4.79 Å². The Morgan fingerprint density at radius 1 is 1.56 bits per heavy atom. The lowest BCUT2D eigenvalue weighted by atomic mass is 9.93. The summed E-state index contributed by atoms with van der Waals surface area (Å²) in [7, 11) is 0. The number of carbonyl (C=O) groups is 1. The summed E-state index contributed by atoms with van der Waals surface area (Å²) in [5.74, 6) is 0.615. The van der Waals surface area contributed by atoms with Gasteiger partial charge in [-0.1, -0.05) is 13.8 Å². The van der Waals surface area contributed by atoms with Crippen LogP contribution in [0.3, 0.4) is 0 Å². The minimum Gasteiger partial charge on any atom is -0.467 e. The van der Waals surface area contributed by atoms with E-state index in [1.54, 1.807) is 12.3 Å². The zero-order chi connectivity index (χ0) is 12.2. The second kappa shape index (κ2) is 5.16. The van der Waals surface area contributed by atoms with E-state index in [0.29, 0.717) is 12.8 Å². The summed E-state index contributed by atoms with van der Waals surface area (Å²) in [6.07, 6.45) is 2.84. The minimum atomic E-state index is -0.777. The molecule has 1 amide bonds. The molecule has 4 nitrogen and oxygen atoms in total. The fourth-order valence-corrected chi connectivity index (χ4v) is 1.52. The normalized spacial score (nSPS) is 13.5. The Morgan fingerprint density at radius 3 is 2.62 bits per heavy atom. The maximum atomic E-state index is 12.0. The summed E-state index contributed by atoms with van der Waals surface area (Å²) in [6.45, 7) is 5.71. The first-order valence-corrected chi connectivity index (χ1v) is 5.66. The third-order valence-electron chi connectivity index (χ3n) is 3.03. The Morgan fingerprint density at radius 2 is 2.19 bits per heavy atom. The molecule has 0 radical (unpaired) electrons. The summed E-state index contributed by atoms with van der Waals surface area (Å²) in [6, 6.07) is 3.48. The summed E-state index contributed by atoms with van der Waals surface area (Å²) < 4.78 is 5.22. The first-order valence-electron chi connectivity index (χ1n) is 5.66. The summed E-state index contributed by atoms with van der Waals surface area (Å²) in [5.41, 5.74) is 5.22. The maximum absolute atomic E-state index is 12.0. The molecule has 0 saturated carbocycles. The molecule has 0 bridgehead atoms. The fourth-order valence-electron chi connectivity index (χ4n) is 1.52. The molecule has 0 fully saturated rings. The van der Waals surface area contributed by atoms with Crippen LogP contribution in [0.25, 0.3) is 0 Å². The van der Waals surface area contributed by atoms with Crippen molar-refractivity contribution in [3.63, 3.8) is 0 Å². The van der Waals surface area contributed by atoms with Crippen LogP contribution in [0.1, 0.15) is 45.4 Å². The van der Waals surface area contributed by atoms with E-state index in [-0.39, 0.29) is 11.9 Å². The van der Waals surface area contributed by atoms with Crippen molar-refractivity contribution in [2.45, 2.75) is 45.2 Å². The smallest absolute Gasteiger partial charge is 0.240 e. The predicted molar refractivity (Wildman–Crippen MR) is 62.8 cm³/mol. The third kappa shape index (κ3) is 2.64. The molecule has 1 atom stereocenters. The Labute approximate surface area is 96.2 Å². The highest BCUT2D eigenvalue weighted by atomic mass is 16.3. The van der Waals surface area contributed by atoms with Crippen LogP contribution in [0.15, 0.2) is 22.8 Å². The second-order valence-electron chi connectivity index (χ2n) is 4.07. The van der Waals surface area contributed by atoms with Crippen LogP contribution >= 0.6 is 0 Å². The molecule has 0 aromatic carbocycles. The van der Waals surface area contributed by atoms with Crippen molar-refractivity contribution in [2.24, 2.45) is 5.73 Å². The fraction of sp³-hybridized carbons (Fsp3) is 0.583. The molecule has 0 spiro atoms. The van der Waals surface area contributed by atoms with Gasteiger partial charge in [0.1, 0.15) is 5.76 Å². The highest BCUT2D eigenvalue weighted by Crippen LogP contribution is 2.16. The third-order valence-corrected chi connectivity index (χ3v) is 3.03. The minimum absolute atomic E-state index is 0.124. The monoisotopic (exact) mass is 224 g/mol. The number of carbonyl (C=O) groups excluding carboxylic acids is 1. The predicted octanol–water partition coefficient (Wildman–Crippen LogP) is 1.97. The highest BCUT2D eigenvalue weighted by Gasteiger charge is 2.31. The standard InChI is InChI=1S/C12H20N2O2/c1-4-12(13,5-2)11(15)14-9(3)10-7-6-8-16-10/h6-9H,4-5,13H2,1-3H3,(H,14,15). The van der Waals surface area contributed by atoms with Gasteiger partial charge in [-0.15, -0.1) is 0 Å². The average Bonchev–Trinajstić information content (AvgIpc) is 2.81. The SMILES string of the molecule is CCC(N)(CC)C(=O)NC(C)c1ccco1. The van der Waals surface area contributed by atoms with E-state index in [9.17, 15) is 4.79 Å². The Balaban J connectivity index is 2.64. The quantitative estimate of drug-likeness (QED) is 0.803. The van der Waals surface area contributed by atoms with Crippen molar-refractivity contribution in [1.82, 2.24) is 5.32 Å². The molecule has 90 valence electrons. The lowest BCUT2D eigenvalue weighted by molar-refractivity contribution is -0.127. The van der Waals surface area contributed by atoms with E-state index in [1.807, 2.05) is 26.8 Å². The lowest BCUT2D eigenvalue weighted by Gasteiger charge is -2.26. The molecule has 0 saturated heterocycles. The van der Waals surface area contributed by atoms with Crippen molar-refractivity contribution < 1.29 is 9.21 Å². The van der Waals surface area contributed by atoms with E-state index in [2.05, 4.69) is 5.32 Å². The van der Waals surface area contributed by atoms with Gasteiger partial charge in [0.15, 0.2) is 0 Å². The molecule has 4 heteroatoms. The van der Waals surface area contributed by atoms with Crippen LogP contribution in [0.2, 0.25) is 0 Å². The van der Waals surface area contributed by atoms with E-state index in [0.717, 1.165) is 5.76 Å². The van der Waals surface area contributed by atoms with Gasteiger partial charge in [0.25, 0.3) is 0 Å². The van der Waals surface area contributed by atoms with Crippen LogP contribution in [0, 0.1) is 0 Å². The molecule has 1 unspecified atom stereocenters. The van der Waals surface area contributed by atoms with Gasteiger partial charge >= 0.3 is 0 Å². The number of nitrogens with one attached hydrogen (secondary N) is 1. The number of hydrogen-bond donors (Lipinski definition) is 2. The van der Waals surface area contributed by atoms with Crippen molar-refractivity contribution >= 4 is 5.91 Å². The first-order chi connectivity index (χ1) is 7.53. The zero-order valence-electron chi connectivity index (χ0n) is 10.1. The number of amides is 1. The van der Waals surface area contributed by atoms with Gasteiger partial charge < -0.3 is 15.5 Å². The lowest BCUT2D eigenvalue weighted by Crippen LogP contribution is -2.53. The highest BCUT2D eigenvalue weighted by molar-refractivity contribution is 5.86. The second-order valence-corrected chi connectivity index (χ2v) is 4.07. The molecular weight excluding hydrogens is 204 g/mol. The first kappa shape index (κ1) is 12.8.